The number of ether oxygens (including phenoxy) is 6. The van der Waals surface area contributed by atoms with Gasteiger partial charge in [0.2, 0.25) is 0 Å². The quantitative estimate of drug-likeness (QED) is 0.211. The van der Waals surface area contributed by atoms with Crippen LogP contribution in [0.3, 0.4) is 0 Å². The molecule has 0 aliphatic carbocycles. The molecule has 11 nitrogen and oxygen atoms in total. The minimum atomic E-state index is -1.39. The summed E-state index contributed by atoms with van der Waals surface area (Å²) in [7, 11) is 0. The Balaban J connectivity index is 1.94. The van der Waals surface area contributed by atoms with Crippen LogP contribution in [0.1, 0.15) is 46.1 Å². The smallest absolute Gasteiger partial charge is 0.303 e. The summed E-state index contributed by atoms with van der Waals surface area (Å²) in [6, 6.07) is 9.23. The Morgan fingerprint density at radius 1 is 1.10 bits per heavy atom. The van der Waals surface area contributed by atoms with Crippen molar-refractivity contribution in [3.8, 4) is 0 Å². The topological polar surface area (TPSA) is 144 Å². The number of hydrogen-bond donors (Lipinski definition) is 1. The van der Waals surface area contributed by atoms with Gasteiger partial charge in [0.05, 0.1) is 18.8 Å². The molecule has 0 radical (unpaired) electrons. The van der Waals surface area contributed by atoms with Crippen molar-refractivity contribution in [2.45, 2.75) is 95.5 Å². The fraction of sp³-hybridized carbons (Fsp3) is 0.533. The lowest BCUT2D eigenvalue weighted by Crippen LogP contribution is -2.52. The molecular formula is C30H38O11. The van der Waals surface area contributed by atoms with Crippen molar-refractivity contribution in [2.75, 3.05) is 6.61 Å². The number of carbonyl (C=O) groups is 4. The number of esters is 3. The molecule has 11 heteroatoms. The van der Waals surface area contributed by atoms with E-state index in [0.717, 1.165) is 5.56 Å². The van der Waals surface area contributed by atoms with Gasteiger partial charge in [-0.25, -0.2) is 0 Å². The second-order valence-corrected chi connectivity index (χ2v) is 10.4. The lowest BCUT2D eigenvalue weighted by molar-refractivity contribution is -0.187. The zero-order chi connectivity index (χ0) is 30.2. The maximum Gasteiger partial charge on any atom is 0.303 e. The van der Waals surface area contributed by atoms with Crippen LogP contribution in [-0.4, -0.2) is 83.7 Å². The first-order valence-corrected chi connectivity index (χ1v) is 13.4. The van der Waals surface area contributed by atoms with Crippen LogP contribution in [0.25, 0.3) is 0 Å². The van der Waals surface area contributed by atoms with Crippen LogP contribution in [0.15, 0.2) is 55.1 Å². The standard InChI is InChI=1S/C30H38O11/c1-6-10-22-13-14-23(34)26(39-22)29(38-19(3)32)28-25(35)27(36-16-21-11-8-7-9-12-21)24(40-28)15-30(5,41-20(4)33)17-37-18(2)31/h6-9,11-14,22,24-29,35H,1,10,15-17H2,2-5H3/t22?,24-,25?,26?,27?,28?,29-,30?/m1/s1. The van der Waals surface area contributed by atoms with Crippen LogP contribution in [0.2, 0.25) is 0 Å². The van der Waals surface area contributed by atoms with E-state index in [2.05, 4.69) is 6.58 Å². The van der Waals surface area contributed by atoms with Gasteiger partial charge >= 0.3 is 17.9 Å². The van der Waals surface area contributed by atoms with Crippen molar-refractivity contribution in [3.63, 3.8) is 0 Å². The minimum absolute atomic E-state index is 0.0574. The van der Waals surface area contributed by atoms with E-state index in [4.69, 9.17) is 28.4 Å². The van der Waals surface area contributed by atoms with Crippen molar-refractivity contribution in [3.05, 3.63) is 60.7 Å². The number of rotatable bonds is 13. The molecule has 2 aliphatic heterocycles. The molecule has 6 unspecified atom stereocenters. The van der Waals surface area contributed by atoms with E-state index in [0.29, 0.717) is 6.42 Å². The first-order valence-electron chi connectivity index (χ1n) is 13.4. The minimum Gasteiger partial charge on any atom is -0.462 e. The Kier molecular flexibility index (Phi) is 11.4. The highest BCUT2D eigenvalue weighted by atomic mass is 16.6. The number of ketones is 1. The van der Waals surface area contributed by atoms with Crippen molar-refractivity contribution in [1.29, 1.82) is 0 Å². The van der Waals surface area contributed by atoms with E-state index < -0.39 is 72.0 Å². The maximum absolute atomic E-state index is 12.9. The molecule has 2 heterocycles. The molecule has 0 amide bonds. The van der Waals surface area contributed by atoms with Gasteiger partial charge in [-0.1, -0.05) is 42.5 Å². The van der Waals surface area contributed by atoms with E-state index in [1.54, 1.807) is 19.1 Å². The lowest BCUT2D eigenvalue weighted by Gasteiger charge is -2.34. The van der Waals surface area contributed by atoms with Gasteiger partial charge in [0.1, 0.15) is 30.5 Å². The molecule has 1 N–H and O–H groups in total. The summed E-state index contributed by atoms with van der Waals surface area (Å²) in [5.74, 6) is -2.36. The summed E-state index contributed by atoms with van der Waals surface area (Å²) in [6.07, 6.45) is -2.75. The fourth-order valence-electron chi connectivity index (χ4n) is 4.96. The SMILES string of the molecule is C=CCC1C=CC(=O)C([C@@H](OC(C)=O)C2O[C@H](CC(C)(COC(C)=O)OC(C)=O)C(OCc3ccccc3)C2O)O1. The van der Waals surface area contributed by atoms with Gasteiger partial charge in [-0.2, -0.15) is 0 Å². The van der Waals surface area contributed by atoms with Gasteiger partial charge in [-0.3, -0.25) is 19.2 Å². The summed E-state index contributed by atoms with van der Waals surface area (Å²) < 4.78 is 34.5. The molecular weight excluding hydrogens is 536 g/mol. The Hall–Kier alpha value is -3.38. The van der Waals surface area contributed by atoms with Crippen molar-refractivity contribution >= 4 is 23.7 Å². The maximum atomic E-state index is 12.9. The van der Waals surface area contributed by atoms with Crippen LogP contribution in [0.4, 0.5) is 0 Å². The Labute approximate surface area is 239 Å². The molecule has 8 atom stereocenters. The summed E-state index contributed by atoms with van der Waals surface area (Å²) in [6.45, 7) is 8.71. The first-order chi connectivity index (χ1) is 19.4. The summed E-state index contributed by atoms with van der Waals surface area (Å²) in [5, 5.41) is 11.5. The van der Waals surface area contributed by atoms with E-state index in [9.17, 15) is 24.3 Å². The molecule has 41 heavy (non-hydrogen) atoms. The second-order valence-electron chi connectivity index (χ2n) is 10.4. The molecule has 0 spiro atoms. The highest BCUT2D eigenvalue weighted by Crippen LogP contribution is 2.36. The number of benzene rings is 1. The summed E-state index contributed by atoms with van der Waals surface area (Å²) in [4.78, 5) is 48.5. The zero-order valence-corrected chi connectivity index (χ0v) is 23.7. The van der Waals surface area contributed by atoms with Gasteiger partial charge in [0, 0.05) is 27.2 Å². The van der Waals surface area contributed by atoms with E-state index >= 15 is 0 Å². The number of carbonyl (C=O) groups excluding carboxylic acids is 4. The van der Waals surface area contributed by atoms with Crippen LogP contribution in [0, 0.1) is 0 Å². The molecule has 1 aromatic rings. The van der Waals surface area contributed by atoms with Crippen LogP contribution in [0.5, 0.6) is 0 Å². The highest BCUT2D eigenvalue weighted by Gasteiger charge is 2.54. The number of hydrogen-bond acceptors (Lipinski definition) is 11. The average Bonchev–Trinajstić information content (AvgIpc) is 3.20. The summed E-state index contributed by atoms with van der Waals surface area (Å²) >= 11 is 0. The Morgan fingerprint density at radius 3 is 2.41 bits per heavy atom. The van der Waals surface area contributed by atoms with Gasteiger partial charge in [-0.05, 0) is 25.0 Å². The summed E-state index contributed by atoms with van der Waals surface area (Å²) in [5.41, 5.74) is -0.527. The Morgan fingerprint density at radius 2 is 1.80 bits per heavy atom. The van der Waals surface area contributed by atoms with Gasteiger partial charge in [0.15, 0.2) is 18.0 Å². The molecule has 0 bridgehead atoms. The fourth-order valence-corrected chi connectivity index (χ4v) is 4.96. The molecule has 0 aromatic heterocycles. The van der Waals surface area contributed by atoms with Crippen molar-refractivity contribution in [1.82, 2.24) is 0 Å². The van der Waals surface area contributed by atoms with E-state index in [-0.39, 0.29) is 19.6 Å². The third kappa shape index (κ3) is 9.06. The first kappa shape index (κ1) is 32.1. The number of aliphatic hydroxyl groups excluding tert-OH is 1. The monoisotopic (exact) mass is 574 g/mol. The predicted octanol–water partition coefficient (Wildman–Crippen LogP) is 2.38. The predicted molar refractivity (Wildman–Crippen MR) is 144 cm³/mol. The van der Waals surface area contributed by atoms with Crippen molar-refractivity contribution in [2.24, 2.45) is 0 Å². The van der Waals surface area contributed by atoms with E-state index in [1.165, 1.54) is 26.8 Å². The molecule has 1 fully saturated rings. The molecule has 1 saturated heterocycles. The number of aliphatic hydroxyl groups is 1. The molecule has 3 rings (SSSR count). The highest BCUT2D eigenvalue weighted by molar-refractivity contribution is 5.95. The van der Waals surface area contributed by atoms with Gasteiger partial charge < -0.3 is 33.5 Å². The average molecular weight is 575 g/mol. The lowest BCUT2D eigenvalue weighted by atomic mass is 9.92. The molecule has 2 aliphatic rings. The Bertz CT molecular complexity index is 1120. The van der Waals surface area contributed by atoms with Crippen molar-refractivity contribution < 1.29 is 52.7 Å². The molecule has 224 valence electrons. The van der Waals surface area contributed by atoms with Crippen LogP contribution >= 0.6 is 0 Å². The van der Waals surface area contributed by atoms with Crippen LogP contribution < -0.4 is 0 Å². The largest absolute Gasteiger partial charge is 0.462 e. The van der Waals surface area contributed by atoms with Crippen LogP contribution in [-0.2, 0) is 54.2 Å². The normalized spacial score (nSPS) is 27.9. The third-order valence-corrected chi connectivity index (χ3v) is 6.66. The van der Waals surface area contributed by atoms with Gasteiger partial charge in [0.25, 0.3) is 0 Å². The van der Waals surface area contributed by atoms with E-state index in [1.807, 2.05) is 30.3 Å². The zero-order valence-electron chi connectivity index (χ0n) is 23.7. The third-order valence-electron chi connectivity index (χ3n) is 6.66. The molecule has 0 saturated carbocycles. The molecule has 1 aromatic carbocycles. The van der Waals surface area contributed by atoms with Gasteiger partial charge in [-0.15, -0.1) is 6.58 Å². The second kappa shape index (κ2) is 14.5.